The van der Waals surface area contributed by atoms with Gasteiger partial charge in [-0.3, -0.25) is 9.59 Å². The molecular weight excluding hydrogens is 152 g/mol. The van der Waals surface area contributed by atoms with Gasteiger partial charge in [0, 0.05) is 0 Å². The lowest BCUT2D eigenvalue weighted by molar-refractivity contribution is -0.123. The summed E-state index contributed by atoms with van der Waals surface area (Å²) in [4.78, 5) is 25.6. The zero-order chi connectivity index (χ0) is 8.10. The van der Waals surface area contributed by atoms with E-state index >= 15 is 0 Å². The molecule has 0 unspecified atom stereocenters. The van der Waals surface area contributed by atoms with E-state index in [1.807, 2.05) is 0 Å². The second-order valence-electron chi connectivity index (χ2n) is 1.46. The van der Waals surface area contributed by atoms with E-state index in [2.05, 4.69) is 19.4 Å². The first-order chi connectivity index (χ1) is 5.38. The summed E-state index contributed by atoms with van der Waals surface area (Å²) < 4.78 is 8.67. The number of nitrogens with one attached hydrogen (secondary N) is 1. The largest absolute Gasteiger partial charge is 0.406 e. The highest BCUT2D eigenvalue weighted by Gasteiger charge is 2.06. The van der Waals surface area contributed by atoms with Crippen LogP contribution in [0, 0.1) is 0 Å². The van der Waals surface area contributed by atoms with Gasteiger partial charge in [0.25, 0.3) is 24.7 Å². The van der Waals surface area contributed by atoms with Crippen LogP contribution in [0.5, 0.6) is 11.8 Å². The van der Waals surface area contributed by atoms with Gasteiger partial charge in [0.05, 0.1) is 6.33 Å². The van der Waals surface area contributed by atoms with Crippen molar-refractivity contribution in [3.8, 4) is 11.8 Å². The highest BCUT2D eigenvalue weighted by atomic mass is 16.6. The first-order valence-electron chi connectivity index (χ1n) is 2.62. The maximum absolute atomic E-state index is 9.81. The summed E-state index contributed by atoms with van der Waals surface area (Å²) in [5, 5.41) is 0. The van der Waals surface area contributed by atoms with Gasteiger partial charge in [0.1, 0.15) is 0 Å². The van der Waals surface area contributed by atoms with E-state index in [1.54, 1.807) is 0 Å². The molecule has 1 heterocycles. The van der Waals surface area contributed by atoms with Crippen molar-refractivity contribution < 1.29 is 19.1 Å². The summed E-state index contributed by atoms with van der Waals surface area (Å²) in [6, 6.07) is 0. The molecule has 0 amide bonds. The van der Waals surface area contributed by atoms with Crippen molar-refractivity contribution in [1.29, 1.82) is 0 Å². The molecule has 0 aliphatic carbocycles. The van der Waals surface area contributed by atoms with Crippen molar-refractivity contribution in [2.24, 2.45) is 0 Å². The number of hydrogen-bond donors (Lipinski definition) is 1. The molecule has 0 aliphatic heterocycles. The Labute approximate surface area is 61.1 Å². The molecule has 6 heteroatoms. The third-order valence-electron chi connectivity index (χ3n) is 0.897. The summed E-state index contributed by atoms with van der Waals surface area (Å²) in [6.45, 7) is 0.388. The topological polar surface area (TPSA) is 81.3 Å². The molecule has 0 aliphatic rings. The van der Waals surface area contributed by atoms with Crippen molar-refractivity contribution in [2.45, 2.75) is 0 Å². The number of carbonyl (C=O) groups excluding carboxylic acids is 2. The van der Waals surface area contributed by atoms with Crippen LogP contribution in [-0.4, -0.2) is 22.9 Å². The molecule has 11 heavy (non-hydrogen) atoms. The summed E-state index contributed by atoms with van der Waals surface area (Å²) in [5.74, 6) is -0.0563. The molecule has 0 saturated heterocycles. The van der Waals surface area contributed by atoms with Gasteiger partial charge in [-0.25, -0.2) is 0 Å². The summed E-state index contributed by atoms with van der Waals surface area (Å²) >= 11 is 0. The van der Waals surface area contributed by atoms with E-state index in [1.165, 1.54) is 6.33 Å². The van der Waals surface area contributed by atoms with E-state index < -0.39 is 0 Å². The fraction of sp³-hybridized carbons (Fsp3) is 0. The molecule has 1 aromatic rings. The van der Waals surface area contributed by atoms with E-state index in [9.17, 15) is 9.59 Å². The van der Waals surface area contributed by atoms with Crippen molar-refractivity contribution in [1.82, 2.24) is 9.97 Å². The van der Waals surface area contributed by atoms with Crippen LogP contribution in [0.2, 0.25) is 0 Å². The Morgan fingerprint density at radius 3 is 2.73 bits per heavy atom. The number of aromatic amines is 1. The second-order valence-corrected chi connectivity index (χ2v) is 1.46. The average Bonchev–Trinajstić information content (AvgIpc) is 2.39. The van der Waals surface area contributed by atoms with Crippen LogP contribution in [0.25, 0.3) is 0 Å². The van der Waals surface area contributed by atoms with Crippen LogP contribution in [0.1, 0.15) is 0 Å². The smallest absolute Gasteiger partial charge is 0.300 e. The molecule has 0 aromatic carbocycles. The Bertz CT molecular complexity index is 232. The standard InChI is InChI=1S/C5H4N2O4/c8-2-10-4-5(11-3-9)7-1-6-4/h1-3H,(H,6,7). The lowest BCUT2D eigenvalue weighted by Gasteiger charge is -1.93. The minimum absolute atomic E-state index is 0.00657. The van der Waals surface area contributed by atoms with Gasteiger partial charge in [-0.15, -0.1) is 0 Å². The van der Waals surface area contributed by atoms with E-state index in [0.717, 1.165) is 0 Å². The van der Waals surface area contributed by atoms with E-state index in [0.29, 0.717) is 0 Å². The van der Waals surface area contributed by atoms with Crippen molar-refractivity contribution in [2.75, 3.05) is 0 Å². The number of aromatic nitrogens is 2. The first kappa shape index (κ1) is 7.26. The SMILES string of the molecule is O=COc1nc[nH]c1OC=O. The molecule has 1 rings (SSSR count). The monoisotopic (exact) mass is 156 g/mol. The van der Waals surface area contributed by atoms with Gasteiger partial charge in [-0.1, -0.05) is 0 Å². The Morgan fingerprint density at radius 1 is 1.36 bits per heavy atom. The molecule has 1 N–H and O–H groups in total. The molecule has 58 valence electrons. The minimum Gasteiger partial charge on any atom is -0.406 e. The number of ether oxygens (including phenoxy) is 2. The second kappa shape index (κ2) is 3.35. The van der Waals surface area contributed by atoms with Gasteiger partial charge in [-0.05, 0) is 0 Å². The predicted molar refractivity (Wildman–Crippen MR) is 32.0 cm³/mol. The van der Waals surface area contributed by atoms with Crippen LogP contribution < -0.4 is 9.47 Å². The molecule has 0 saturated carbocycles. The Kier molecular flexibility index (Phi) is 2.21. The first-order valence-corrected chi connectivity index (χ1v) is 2.62. The number of carbonyl (C=O) groups is 2. The molecule has 0 radical (unpaired) electrons. The van der Waals surface area contributed by atoms with Crippen molar-refractivity contribution in [3.05, 3.63) is 6.33 Å². The number of imidazole rings is 1. The highest BCUT2D eigenvalue weighted by molar-refractivity contribution is 5.49. The fourth-order valence-electron chi connectivity index (χ4n) is 0.532. The van der Waals surface area contributed by atoms with Crippen molar-refractivity contribution >= 4 is 12.9 Å². The quantitative estimate of drug-likeness (QED) is 0.593. The van der Waals surface area contributed by atoms with E-state index in [-0.39, 0.29) is 24.7 Å². The number of hydrogen-bond acceptors (Lipinski definition) is 5. The summed E-state index contributed by atoms with van der Waals surface area (Å²) in [7, 11) is 0. The Hall–Kier alpha value is -1.85. The molecular formula is C5H4N2O4. The third-order valence-corrected chi connectivity index (χ3v) is 0.897. The van der Waals surface area contributed by atoms with Crippen molar-refractivity contribution in [3.63, 3.8) is 0 Å². The number of H-pyrrole nitrogens is 1. The maximum atomic E-state index is 9.81. The van der Waals surface area contributed by atoms with E-state index in [4.69, 9.17) is 0 Å². The molecule has 0 atom stereocenters. The van der Waals surface area contributed by atoms with Crippen LogP contribution in [0.4, 0.5) is 0 Å². The summed E-state index contributed by atoms with van der Waals surface area (Å²) in [6.07, 6.45) is 1.23. The van der Waals surface area contributed by atoms with Gasteiger partial charge in [-0.2, -0.15) is 4.98 Å². The average molecular weight is 156 g/mol. The Morgan fingerprint density at radius 2 is 2.09 bits per heavy atom. The van der Waals surface area contributed by atoms with Gasteiger partial charge >= 0.3 is 0 Å². The maximum Gasteiger partial charge on any atom is 0.300 e. The molecule has 1 aromatic heterocycles. The number of nitrogens with zero attached hydrogens (tertiary/aromatic N) is 1. The lowest BCUT2D eigenvalue weighted by Crippen LogP contribution is -1.94. The van der Waals surface area contributed by atoms with Gasteiger partial charge in [0.2, 0.25) is 0 Å². The third kappa shape index (κ3) is 1.54. The zero-order valence-electron chi connectivity index (χ0n) is 5.31. The predicted octanol–water partition coefficient (Wildman–Crippen LogP) is -0.520. The molecule has 0 fully saturated rings. The van der Waals surface area contributed by atoms with Crippen LogP contribution in [-0.2, 0) is 9.59 Å². The fourth-order valence-corrected chi connectivity index (χ4v) is 0.532. The van der Waals surface area contributed by atoms with Crippen LogP contribution >= 0.6 is 0 Å². The van der Waals surface area contributed by atoms with Gasteiger partial charge in [0.15, 0.2) is 0 Å². The molecule has 0 spiro atoms. The zero-order valence-corrected chi connectivity index (χ0v) is 5.31. The van der Waals surface area contributed by atoms with Gasteiger partial charge < -0.3 is 14.5 Å². The lowest BCUT2D eigenvalue weighted by atomic mass is 10.8. The van der Waals surface area contributed by atoms with Crippen LogP contribution in [0.3, 0.4) is 0 Å². The molecule has 6 nitrogen and oxygen atoms in total. The normalized spacial score (nSPS) is 8.73. The molecule has 0 bridgehead atoms. The van der Waals surface area contributed by atoms with Crippen LogP contribution in [0.15, 0.2) is 6.33 Å². The Balaban J connectivity index is 2.76. The highest BCUT2D eigenvalue weighted by Crippen LogP contribution is 2.19. The summed E-state index contributed by atoms with van der Waals surface area (Å²) in [5.41, 5.74) is 0. The number of rotatable bonds is 4. The minimum atomic E-state index is -0.0629.